The van der Waals surface area contributed by atoms with Gasteiger partial charge >= 0.3 is 5.97 Å². The number of ether oxygens (including phenoxy) is 1. The van der Waals surface area contributed by atoms with E-state index in [9.17, 15) is 9.59 Å². The first-order chi connectivity index (χ1) is 13.8. The average molecular weight is 433 g/mol. The van der Waals surface area contributed by atoms with Crippen LogP contribution in [0.4, 0.5) is 5.69 Å². The zero-order valence-electron chi connectivity index (χ0n) is 16.5. The van der Waals surface area contributed by atoms with Crippen molar-refractivity contribution >= 4 is 34.6 Å². The summed E-state index contributed by atoms with van der Waals surface area (Å²) >= 11 is 7.93. The molecule has 3 rings (SSSR count). The van der Waals surface area contributed by atoms with Crippen molar-refractivity contribution in [3.05, 3.63) is 67.5 Å². The summed E-state index contributed by atoms with van der Waals surface area (Å²) in [5.74, 6) is -0.212. The number of para-hydroxylation sites is 1. The summed E-state index contributed by atoms with van der Waals surface area (Å²) in [7, 11) is 1.28. The molecule has 0 aliphatic carbocycles. The number of carbonyl (C=O) groups excluding carboxylic acids is 1. The fraction of sp³-hybridized carbons (Fsp3) is 0.300. The second-order valence-electron chi connectivity index (χ2n) is 6.73. The summed E-state index contributed by atoms with van der Waals surface area (Å²) in [4.78, 5) is 29.5. The Labute approximate surface area is 177 Å². The van der Waals surface area contributed by atoms with E-state index in [-0.39, 0.29) is 16.6 Å². The Bertz CT molecular complexity index is 1090. The molecule has 1 unspecified atom stereocenters. The van der Waals surface area contributed by atoms with Crippen LogP contribution in [0.3, 0.4) is 0 Å². The number of anilines is 1. The molecule has 29 heavy (non-hydrogen) atoms. The van der Waals surface area contributed by atoms with E-state index >= 15 is 0 Å². The number of thiazole rings is 1. The van der Waals surface area contributed by atoms with Gasteiger partial charge in [0.1, 0.15) is 5.02 Å². The van der Waals surface area contributed by atoms with E-state index in [1.165, 1.54) is 13.3 Å². The van der Waals surface area contributed by atoms with Crippen molar-refractivity contribution in [2.24, 2.45) is 0 Å². The molecule has 0 saturated heterocycles. The maximum absolute atomic E-state index is 12.8. The molecule has 152 valence electrons. The van der Waals surface area contributed by atoms with E-state index in [1.807, 2.05) is 12.3 Å². The van der Waals surface area contributed by atoms with Crippen molar-refractivity contribution in [3.63, 3.8) is 0 Å². The molecular formula is C20H21ClN4O3S. The molecule has 1 atom stereocenters. The van der Waals surface area contributed by atoms with Gasteiger partial charge in [0, 0.05) is 11.3 Å². The molecule has 0 fully saturated rings. The highest BCUT2D eigenvalue weighted by molar-refractivity contribution is 7.09. The Kier molecular flexibility index (Phi) is 6.34. The number of nitrogens with one attached hydrogen (secondary N) is 1. The summed E-state index contributed by atoms with van der Waals surface area (Å²) in [5, 5.41) is 10.4. The largest absolute Gasteiger partial charge is 0.465 e. The van der Waals surface area contributed by atoms with Gasteiger partial charge in [0.25, 0.3) is 5.56 Å². The predicted octanol–water partition coefficient (Wildman–Crippen LogP) is 4.43. The van der Waals surface area contributed by atoms with E-state index < -0.39 is 11.5 Å². The van der Waals surface area contributed by atoms with E-state index in [0.29, 0.717) is 17.3 Å². The number of nitrogens with zero attached hydrogens (tertiary/aromatic N) is 3. The molecule has 1 aromatic carbocycles. The Morgan fingerprint density at radius 2 is 2.00 bits per heavy atom. The van der Waals surface area contributed by atoms with Crippen LogP contribution in [0.2, 0.25) is 5.02 Å². The average Bonchev–Trinajstić information content (AvgIpc) is 3.22. The minimum atomic E-state index is -0.564. The third kappa shape index (κ3) is 4.33. The van der Waals surface area contributed by atoms with Crippen molar-refractivity contribution < 1.29 is 9.53 Å². The van der Waals surface area contributed by atoms with Gasteiger partial charge in [-0.1, -0.05) is 37.6 Å². The first kappa shape index (κ1) is 21.0. The van der Waals surface area contributed by atoms with Crippen LogP contribution >= 0.6 is 22.9 Å². The van der Waals surface area contributed by atoms with Crippen LogP contribution in [-0.2, 0) is 4.74 Å². The lowest BCUT2D eigenvalue weighted by Crippen LogP contribution is -2.25. The molecule has 0 radical (unpaired) electrons. The minimum Gasteiger partial charge on any atom is -0.465 e. The number of aromatic nitrogens is 3. The molecule has 3 aromatic rings. The van der Waals surface area contributed by atoms with Crippen molar-refractivity contribution in [2.45, 2.75) is 32.7 Å². The van der Waals surface area contributed by atoms with Crippen molar-refractivity contribution in [1.82, 2.24) is 14.8 Å². The number of benzene rings is 1. The summed E-state index contributed by atoms with van der Waals surface area (Å²) in [6, 6.07) is 6.39. The molecule has 2 aromatic heterocycles. The summed E-state index contributed by atoms with van der Waals surface area (Å²) in [5.41, 5.74) is 1.25. The molecule has 0 aliphatic rings. The quantitative estimate of drug-likeness (QED) is 0.580. The molecule has 0 spiro atoms. The molecule has 0 bridgehead atoms. The Hall–Kier alpha value is -2.71. The monoisotopic (exact) mass is 432 g/mol. The fourth-order valence-corrected chi connectivity index (χ4v) is 3.83. The normalized spacial score (nSPS) is 12.1. The van der Waals surface area contributed by atoms with Crippen LogP contribution in [-0.4, -0.2) is 27.8 Å². The lowest BCUT2D eigenvalue weighted by Gasteiger charge is -2.15. The predicted molar refractivity (Wildman–Crippen MR) is 114 cm³/mol. The van der Waals surface area contributed by atoms with Crippen LogP contribution in [0.15, 0.2) is 40.6 Å². The number of methoxy groups -OCH3 is 1. The van der Waals surface area contributed by atoms with E-state index in [1.54, 1.807) is 35.6 Å². The van der Waals surface area contributed by atoms with E-state index in [0.717, 1.165) is 15.4 Å². The first-order valence-electron chi connectivity index (χ1n) is 9.00. The summed E-state index contributed by atoms with van der Waals surface area (Å²) < 4.78 is 5.87. The molecule has 2 heterocycles. The van der Waals surface area contributed by atoms with Gasteiger partial charge in [0.05, 0.1) is 47.0 Å². The zero-order valence-corrected chi connectivity index (χ0v) is 18.0. The number of rotatable bonds is 6. The first-order valence-corrected chi connectivity index (χ1v) is 10.3. The SMILES string of the molecule is COC(=O)c1ccccc1-n1ncc(NC(C)c2csc(C(C)C)n2)c(Cl)c1=O. The molecule has 7 nitrogen and oxygen atoms in total. The van der Waals surface area contributed by atoms with Gasteiger partial charge < -0.3 is 10.1 Å². The van der Waals surface area contributed by atoms with Crippen molar-refractivity contribution in [3.8, 4) is 5.69 Å². The fourth-order valence-electron chi connectivity index (χ4n) is 2.72. The Morgan fingerprint density at radius 1 is 1.28 bits per heavy atom. The number of esters is 1. The highest BCUT2D eigenvalue weighted by Crippen LogP contribution is 2.27. The molecule has 0 amide bonds. The van der Waals surface area contributed by atoms with E-state index in [4.69, 9.17) is 16.3 Å². The summed E-state index contributed by atoms with van der Waals surface area (Å²) in [6.07, 6.45) is 1.46. The highest BCUT2D eigenvalue weighted by atomic mass is 35.5. The Morgan fingerprint density at radius 3 is 2.66 bits per heavy atom. The highest BCUT2D eigenvalue weighted by Gasteiger charge is 2.19. The number of halogens is 1. The van der Waals surface area contributed by atoms with Gasteiger partial charge in [-0.05, 0) is 19.1 Å². The molecule has 0 aliphatic heterocycles. The maximum atomic E-state index is 12.8. The number of carbonyl (C=O) groups is 1. The molecular weight excluding hydrogens is 412 g/mol. The van der Waals surface area contributed by atoms with Gasteiger partial charge in [-0.3, -0.25) is 4.79 Å². The second-order valence-corrected chi connectivity index (χ2v) is 8.00. The Balaban J connectivity index is 1.93. The molecule has 9 heteroatoms. The number of hydrogen-bond donors (Lipinski definition) is 1. The third-order valence-electron chi connectivity index (χ3n) is 4.31. The summed E-state index contributed by atoms with van der Waals surface area (Å²) in [6.45, 7) is 6.12. The molecule has 0 saturated carbocycles. The topological polar surface area (TPSA) is 86.1 Å². The van der Waals surface area contributed by atoms with Gasteiger partial charge in [-0.25, -0.2) is 9.78 Å². The van der Waals surface area contributed by atoms with Crippen LogP contribution in [0.5, 0.6) is 0 Å². The standard InChI is InChI=1S/C20H21ClN4O3S/c1-11(2)18-24-15(10-29-18)12(3)23-14-9-22-25(19(26)17(14)21)16-8-6-5-7-13(16)20(27)28-4/h5-12,23H,1-4H3. The number of hydrogen-bond acceptors (Lipinski definition) is 7. The van der Waals surface area contributed by atoms with Gasteiger partial charge in [0.15, 0.2) is 0 Å². The van der Waals surface area contributed by atoms with Crippen LogP contribution in [0.1, 0.15) is 53.8 Å². The van der Waals surface area contributed by atoms with Crippen LogP contribution in [0.25, 0.3) is 5.69 Å². The van der Waals surface area contributed by atoms with Crippen LogP contribution < -0.4 is 10.9 Å². The second kappa shape index (κ2) is 8.75. The minimum absolute atomic E-state index is 0.0224. The zero-order chi connectivity index (χ0) is 21.1. The smallest absolute Gasteiger partial charge is 0.340 e. The molecule has 1 N–H and O–H groups in total. The lowest BCUT2D eigenvalue weighted by molar-refractivity contribution is 0.0600. The van der Waals surface area contributed by atoms with Gasteiger partial charge in [-0.15, -0.1) is 11.3 Å². The van der Waals surface area contributed by atoms with Gasteiger partial charge in [0.2, 0.25) is 0 Å². The van der Waals surface area contributed by atoms with Crippen LogP contribution in [0, 0.1) is 0 Å². The van der Waals surface area contributed by atoms with Crippen molar-refractivity contribution in [1.29, 1.82) is 0 Å². The van der Waals surface area contributed by atoms with Gasteiger partial charge in [-0.2, -0.15) is 9.78 Å². The van der Waals surface area contributed by atoms with E-state index in [2.05, 4.69) is 29.2 Å². The third-order valence-corrected chi connectivity index (χ3v) is 5.83. The maximum Gasteiger partial charge on any atom is 0.340 e. The van der Waals surface area contributed by atoms with Crippen molar-refractivity contribution in [2.75, 3.05) is 12.4 Å². The lowest BCUT2D eigenvalue weighted by atomic mass is 10.2.